The number of amides is 2. The van der Waals surface area contributed by atoms with Crippen LogP contribution >= 0.6 is 9.39 Å². The van der Waals surface area contributed by atoms with Crippen LogP contribution in [0.2, 0.25) is 0 Å². The van der Waals surface area contributed by atoms with Gasteiger partial charge in [0.2, 0.25) is 11.8 Å². The molecule has 0 aromatic rings. The summed E-state index contributed by atoms with van der Waals surface area (Å²) in [6.07, 6.45) is 0. The lowest BCUT2D eigenvalue weighted by molar-refractivity contribution is -0.170. The van der Waals surface area contributed by atoms with Crippen LogP contribution in [0.3, 0.4) is 0 Å². The molecule has 4 atom stereocenters. The summed E-state index contributed by atoms with van der Waals surface area (Å²) in [4.78, 5) is 36.3. The quantitative estimate of drug-likeness (QED) is 0.453. The molecule has 3 N–H and O–H groups in total. The van der Waals surface area contributed by atoms with E-state index in [9.17, 15) is 14.4 Å². The average Bonchev–Trinajstić information content (AvgIpc) is 2.51. The fraction of sp³-hybridized carbons (Fsp3) is 0.800. The molecule has 1 rings (SSSR count). The van der Waals surface area contributed by atoms with E-state index in [0.29, 0.717) is 0 Å². The van der Waals surface area contributed by atoms with Crippen LogP contribution in [0, 0.1) is 5.41 Å². The lowest BCUT2D eigenvalue weighted by Crippen LogP contribution is -2.63. The Labute approximate surface area is 151 Å². The molecule has 3 unspecified atom stereocenters. The summed E-state index contributed by atoms with van der Waals surface area (Å²) in [6, 6.07) is -1.18. The zero-order chi connectivity index (χ0) is 19.6. The Morgan fingerprint density at radius 2 is 1.56 bits per heavy atom. The number of carbonyl (C=O) groups excluding carboxylic acids is 3. The van der Waals surface area contributed by atoms with Crippen LogP contribution in [-0.4, -0.2) is 48.5 Å². The molecule has 0 radical (unpaired) electrons. The van der Waals surface area contributed by atoms with Crippen LogP contribution < -0.4 is 15.7 Å². The van der Waals surface area contributed by atoms with Crippen molar-refractivity contribution in [3.8, 4) is 0 Å². The lowest BCUT2D eigenvalue weighted by Gasteiger charge is -2.46. The van der Waals surface area contributed by atoms with E-state index in [1.807, 2.05) is 13.8 Å². The van der Waals surface area contributed by atoms with Gasteiger partial charge in [0.1, 0.15) is 6.04 Å². The highest BCUT2D eigenvalue weighted by molar-refractivity contribution is 7.13. The molecule has 0 aliphatic carbocycles. The maximum absolute atomic E-state index is 12.3. The molecule has 25 heavy (non-hydrogen) atoms. The largest absolute Gasteiger partial charge is 0.551 e. The first-order chi connectivity index (χ1) is 11.3. The first-order valence-corrected chi connectivity index (χ1v) is 8.87. The fourth-order valence-electron chi connectivity index (χ4n) is 2.06. The molecule has 1 heterocycles. The Morgan fingerprint density at radius 1 is 1.04 bits per heavy atom. The van der Waals surface area contributed by atoms with Crippen LogP contribution in [0.25, 0.3) is 0 Å². The van der Waals surface area contributed by atoms with Gasteiger partial charge in [-0.25, -0.2) is 0 Å². The second-order valence-electron chi connectivity index (χ2n) is 7.44. The molecular formula is C15H29BN3O5P. The molecule has 2 amide bonds. The summed E-state index contributed by atoms with van der Waals surface area (Å²) < 4.78 is 11.2. The van der Waals surface area contributed by atoms with Crippen LogP contribution in [0.4, 0.5) is 0 Å². The van der Waals surface area contributed by atoms with Crippen molar-refractivity contribution < 1.29 is 23.7 Å². The normalized spacial score (nSPS) is 22.4. The molecule has 8 nitrogen and oxygen atoms in total. The number of rotatable bonds is 6. The van der Waals surface area contributed by atoms with Gasteiger partial charge in [0, 0.05) is 0 Å². The smallest absolute Gasteiger partial charge is 0.508 e. The number of hydrogen-bond acceptors (Lipinski definition) is 6. The third-order valence-electron chi connectivity index (χ3n) is 4.82. The molecule has 0 saturated carbocycles. The van der Waals surface area contributed by atoms with Crippen LogP contribution in [-0.2, 0) is 23.7 Å². The van der Waals surface area contributed by atoms with Crippen LogP contribution in [0.15, 0.2) is 0 Å². The molecule has 1 aliphatic rings. The molecule has 1 fully saturated rings. The molecule has 142 valence electrons. The molecule has 0 aromatic carbocycles. The minimum absolute atomic E-state index is 0.298. The van der Waals surface area contributed by atoms with E-state index in [4.69, 9.17) is 9.31 Å². The van der Waals surface area contributed by atoms with Crippen molar-refractivity contribution in [1.82, 2.24) is 15.7 Å². The summed E-state index contributed by atoms with van der Waals surface area (Å²) in [5.41, 5.74) is -1.54. The Bertz CT molecular complexity index is 543. The van der Waals surface area contributed by atoms with Gasteiger partial charge >= 0.3 is 7.12 Å². The van der Waals surface area contributed by atoms with Gasteiger partial charge in [0.25, 0.3) is 5.97 Å². The molecule has 0 bridgehead atoms. The predicted octanol–water partition coefficient (Wildman–Crippen LogP) is 0.170. The van der Waals surface area contributed by atoms with Crippen molar-refractivity contribution in [2.75, 3.05) is 0 Å². The Hall–Kier alpha value is -1.18. The topological polar surface area (TPSA) is 106 Å². The van der Waals surface area contributed by atoms with E-state index in [1.54, 1.807) is 34.6 Å². The van der Waals surface area contributed by atoms with Crippen LogP contribution in [0.5, 0.6) is 0 Å². The van der Waals surface area contributed by atoms with Crippen molar-refractivity contribution in [2.24, 2.45) is 5.41 Å². The van der Waals surface area contributed by atoms with E-state index in [0.717, 1.165) is 0 Å². The van der Waals surface area contributed by atoms with Gasteiger partial charge in [0.05, 0.1) is 23.0 Å². The zero-order valence-electron chi connectivity index (χ0n) is 15.9. The minimum atomic E-state index is -0.894. The zero-order valence-corrected chi connectivity index (χ0v) is 17.1. The summed E-state index contributed by atoms with van der Waals surface area (Å²) in [7, 11) is 1.36. The van der Waals surface area contributed by atoms with Crippen molar-refractivity contribution in [3.63, 3.8) is 0 Å². The van der Waals surface area contributed by atoms with Gasteiger partial charge in [-0.15, -0.1) is 0 Å². The average molecular weight is 373 g/mol. The summed E-state index contributed by atoms with van der Waals surface area (Å²) in [5, 5.41) is 8.04. The summed E-state index contributed by atoms with van der Waals surface area (Å²) in [6.45, 7) is 12.1. The van der Waals surface area contributed by atoms with E-state index in [1.165, 1.54) is 0 Å². The van der Waals surface area contributed by atoms with Crippen LogP contribution in [0.1, 0.15) is 48.5 Å². The predicted molar refractivity (Wildman–Crippen MR) is 98.3 cm³/mol. The Morgan fingerprint density at radius 3 is 2.04 bits per heavy atom. The monoisotopic (exact) mass is 373 g/mol. The maximum atomic E-state index is 12.3. The van der Waals surface area contributed by atoms with Gasteiger partial charge in [0.15, 0.2) is 0 Å². The molecule has 1 aliphatic heterocycles. The van der Waals surface area contributed by atoms with E-state index in [2.05, 4.69) is 25.1 Å². The first-order valence-electron chi connectivity index (χ1n) is 8.29. The summed E-state index contributed by atoms with van der Waals surface area (Å²) in [5.74, 6) is -1.63. The maximum Gasteiger partial charge on any atom is 0.551 e. The Kier molecular flexibility index (Phi) is 7.01. The number of carbonyl (C=O) groups is 3. The van der Waals surface area contributed by atoms with Gasteiger partial charge < -0.3 is 19.9 Å². The number of nitrogens with one attached hydrogen (secondary N) is 3. The molecule has 10 heteroatoms. The highest BCUT2D eigenvalue weighted by atomic mass is 31.0. The third-order valence-corrected chi connectivity index (χ3v) is 5.32. The number of hydrogen-bond donors (Lipinski definition) is 3. The Balaban J connectivity index is 2.67. The second kappa shape index (κ2) is 8.02. The van der Waals surface area contributed by atoms with Crippen molar-refractivity contribution in [3.05, 3.63) is 0 Å². The summed E-state index contributed by atoms with van der Waals surface area (Å²) >= 11 is 0. The second-order valence-corrected chi connectivity index (χ2v) is 7.78. The van der Waals surface area contributed by atoms with Gasteiger partial charge in [-0.2, -0.15) is 0 Å². The highest BCUT2D eigenvalue weighted by Gasteiger charge is 2.55. The van der Waals surface area contributed by atoms with Crippen molar-refractivity contribution >= 4 is 34.3 Å². The van der Waals surface area contributed by atoms with E-state index < -0.39 is 36.2 Å². The van der Waals surface area contributed by atoms with E-state index in [-0.39, 0.29) is 17.8 Å². The molecule has 1 saturated heterocycles. The molecule has 0 aromatic heterocycles. The van der Waals surface area contributed by atoms with Gasteiger partial charge in [-0.1, -0.05) is 9.39 Å². The standard InChI is InChI=1S/C15H29BN3O5P/c1-8(17-12(21)9(2)19-25)11(20)18-10(3)16-23-13(22)14(4,5)15(6,7)24-16/h8-10,19H,25H2,1-7H3,(H,17,21)(H,18,20)/t8?,9?,10-/m0/s1. The molecular weight excluding hydrogens is 344 g/mol. The third kappa shape index (κ3) is 4.93. The lowest BCUT2D eigenvalue weighted by atomic mass is 9.68. The van der Waals surface area contributed by atoms with Crippen molar-refractivity contribution in [2.45, 2.75) is 72.1 Å². The van der Waals surface area contributed by atoms with Crippen molar-refractivity contribution in [1.29, 1.82) is 0 Å². The van der Waals surface area contributed by atoms with Gasteiger partial charge in [-0.05, 0) is 48.5 Å². The fourth-order valence-corrected chi connectivity index (χ4v) is 2.21. The molecule has 0 spiro atoms. The SMILES string of the molecule is CC(NP)C(=O)NC(C)C(=O)N[C@@H](C)B1OC(=O)C(C)(C)C(C)(C)O1. The van der Waals surface area contributed by atoms with E-state index >= 15 is 0 Å². The first kappa shape index (κ1) is 21.9. The van der Waals surface area contributed by atoms with Gasteiger partial charge in [-0.3, -0.25) is 19.5 Å². The highest BCUT2D eigenvalue weighted by Crippen LogP contribution is 2.39. The minimum Gasteiger partial charge on any atom is -0.508 e.